The maximum absolute atomic E-state index is 11.3. The third-order valence-electron chi connectivity index (χ3n) is 3.09. The molecule has 7 heteroatoms. The van der Waals surface area contributed by atoms with Crippen molar-refractivity contribution in [3.05, 3.63) is 69.8 Å². The Morgan fingerprint density at radius 2 is 1.78 bits per heavy atom. The Morgan fingerprint density at radius 1 is 1.09 bits per heavy atom. The number of hydrogen-bond donors (Lipinski definition) is 1. The van der Waals surface area contributed by atoms with E-state index in [0.717, 1.165) is 5.56 Å². The molecule has 0 amide bonds. The molecular weight excluding hydrogens is 302 g/mol. The van der Waals surface area contributed by atoms with E-state index in [4.69, 9.17) is 9.84 Å². The maximum atomic E-state index is 11.3. The number of hydrogen-bond acceptors (Lipinski definition) is 5. The number of nitro groups is 1. The van der Waals surface area contributed by atoms with Gasteiger partial charge in [0.05, 0.1) is 4.92 Å². The average molecular weight is 315 g/mol. The number of aliphatic carboxylic acids is 1. The van der Waals surface area contributed by atoms with Crippen LogP contribution in [0.1, 0.15) is 11.1 Å². The standard InChI is InChI=1S/C16H13NO6/c18-13(16(19)20)9-12-7-4-8-14(15(12)17(21)22)23-10-11-5-2-1-3-6-11/h1-8H,9-10H2,(H,19,20). The van der Waals surface area contributed by atoms with E-state index in [1.54, 1.807) is 0 Å². The number of carbonyl (C=O) groups is 2. The van der Waals surface area contributed by atoms with Crippen molar-refractivity contribution in [2.75, 3.05) is 0 Å². The lowest BCUT2D eigenvalue weighted by Gasteiger charge is -2.09. The van der Waals surface area contributed by atoms with Crippen LogP contribution in [0.5, 0.6) is 5.75 Å². The van der Waals surface area contributed by atoms with Gasteiger partial charge >= 0.3 is 11.7 Å². The van der Waals surface area contributed by atoms with Gasteiger partial charge in [-0.2, -0.15) is 0 Å². The lowest BCUT2D eigenvalue weighted by atomic mass is 10.1. The number of ether oxygens (including phenoxy) is 1. The fourth-order valence-corrected chi connectivity index (χ4v) is 2.02. The highest BCUT2D eigenvalue weighted by Gasteiger charge is 2.24. The molecule has 0 fully saturated rings. The van der Waals surface area contributed by atoms with Gasteiger partial charge < -0.3 is 9.84 Å². The molecule has 2 aromatic carbocycles. The number of carboxylic acids is 1. The molecule has 118 valence electrons. The minimum absolute atomic E-state index is 0.00505. The normalized spacial score (nSPS) is 10.1. The maximum Gasteiger partial charge on any atom is 0.372 e. The van der Waals surface area contributed by atoms with Crippen molar-refractivity contribution in [1.82, 2.24) is 0 Å². The predicted molar refractivity (Wildman–Crippen MR) is 80.2 cm³/mol. The number of rotatable bonds is 7. The zero-order chi connectivity index (χ0) is 16.8. The largest absolute Gasteiger partial charge is 0.482 e. The lowest BCUT2D eigenvalue weighted by molar-refractivity contribution is -0.386. The molecule has 2 aromatic rings. The summed E-state index contributed by atoms with van der Waals surface area (Å²) in [7, 11) is 0. The summed E-state index contributed by atoms with van der Waals surface area (Å²) in [6.45, 7) is 0.123. The third-order valence-corrected chi connectivity index (χ3v) is 3.09. The van der Waals surface area contributed by atoms with Crippen molar-refractivity contribution in [2.45, 2.75) is 13.0 Å². The Bertz CT molecular complexity index is 741. The second kappa shape index (κ2) is 7.17. The minimum Gasteiger partial charge on any atom is -0.482 e. The topological polar surface area (TPSA) is 107 Å². The third kappa shape index (κ3) is 4.13. The van der Waals surface area contributed by atoms with Crippen molar-refractivity contribution in [2.24, 2.45) is 0 Å². The molecule has 0 heterocycles. The Balaban J connectivity index is 2.27. The summed E-state index contributed by atoms with van der Waals surface area (Å²) in [6, 6.07) is 13.3. The van der Waals surface area contributed by atoms with E-state index < -0.39 is 28.8 Å². The molecule has 0 saturated heterocycles. The van der Waals surface area contributed by atoms with E-state index in [2.05, 4.69) is 0 Å². The molecular formula is C16H13NO6. The molecule has 0 saturated carbocycles. The fraction of sp³-hybridized carbons (Fsp3) is 0.125. The minimum atomic E-state index is -1.63. The summed E-state index contributed by atoms with van der Waals surface area (Å²) < 4.78 is 5.47. The first-order chi connectivity index (χ1) is 11.0. The van der Waals surface area contributed by atoms with Crippen LogP contribution in [0.2, 0.25) is 0 Å². The van der Waals surface area contributed by atoms with E-state index in [0.29, 0.717) is 0 Å². The van der Waals surface area contributed by atoms with Crippen molar-refractivity contribution >= 4 is 17.4 Å². The predicted octanol–water partition coefficient (Wildman–Crippen LogP) is 2.37. The van der Waals surface area contributed by atoms with Crippen LogP contribution < -0.4 is 4.74 Å². The van der Waals surface area contributed by atoms with Crippen LogP contribution in [0.4, 0.5) is 5.69 Å². The van der Waals surface area contributed by atoms with Crippen LogP contribution in [0, 0.1) is 10.1 Å². The molecule has 2 rings (SSSR count). The number of benzene rings is 2. The number of nitrogens with zero attached hydrogens (tertiary/aromatic N) is 1. The molecule has 0 spiro atoms. The van der Waals surface area contributed by atoms with Crippen LogP contribution in [0.15, 0.2) is 48.5 Å². The van der Waals surface area contributed by atoms with Crippen molar-refractivity contribution in [3.63, 3.8) is 0 Å². The molecule has 0 aliphatic carbocycles. The van der Waals surface area contributed by atoms with Crippen LogP contribution in [0.3, 0.4) is 0 Å². The Labute approximate surface area is 131 Å². The Kier molecular flexibility index (Phi) is 5.03. The SMILES string of the molecule is O=C(O)C(=O)Cc1cccc(OCc2ccccc2)c1[N+](=O)[O-]. The van der Waals surface area contributed by atoms with E-state index in [-0.39, 0.29) is 17.9 Å². The van der Waals surface area contributed by atoms with Crippen molar-refractivity contribution in [1.29, 1.82) is 0 Å². The molecule has 23 heavy (non-hydrogen) atoms. The molecule has 0 atom stereocenters. The monoisotopic (exact) mass is 315 g/mol. The number of nitro benzene ring substituents is 1. The summed E-state index contributed by atoms with van der Waals surface area (Å²) in [6.07, 6.45) is -0.561. The summed E-state index contributed by atoms with van der Waals surface area (Å²) in [5.41, 5.74) is 0.444. The Hall–Kier alpha value is -3.22. The molecule has 0 radical (unpaired) electrons. The van der Waals surface area contributed by atoms with Gasteiger partial charge in [-0.15, -0.1) is 0 Å². The molecule has 0 aliphatic heterocycles. The van der Waals surface area contributed by atoms with Gasteiger partial charge in [-0.1, -0.05) is 42.5 Å². The second-order valence-corrected chi connectivity index (χ2v) is 4.70. The van der Waals surface area contributed by atoms with E-state index in [9.17, 15) is 19.7 Å². The smallest absolute Gasteiger partial charge is 0.372 e. The van der Waals surface area contributed by atoms with Gasteiger partial charge in [-0.3, -0.25) is 14.9 Å². The van der Waals surface area contributed by atoms with Gasteiger partial charge in [0.25, 0.3) is 0 Å². The molecule has 0 unspecified atom stereocenters. The van der Waals surface area contributed by atoms with E-state index in [1.807, 2.05) is 30.3 Å². The number of carbonyl (C=O) groups excluding carboxylic acids is 1. The average Bonchev–Trinajstić information content (AvgIpc) is 2.53. The molecule has 1 N–H and O–H groups in total. The Morgan fingerprint density at radius 3 is 2.39 bits per heavy atom. The number of ketones is 1. The highest BCUT2D eigenvalue weighted by atomic mass is 16.6. The van der Waals surface area contributed by atoms with Gasteiger partial charge in [0.1, 0.15) is 6.61 Å². The molecule has 0 bridgehead atoms. The number of para-hydroxylation sites is 1. The quantitative estimate of drug-likeness (QED) is 0.477. The summed E-state index contributed by atoms with van der Waals surface area (Å²) >= 11 is 0. The summed E-state index contributed by atoms with van der Waals surface area (Å²) in [5.74, 6) is -2.75. The highest BCUT2D eigenvalue weighted by molar-refractivity contribution is 6.33. The number of carboxylic acid groups (broad SMARTS) is 1. The first-order valence-electron chi connectivity index (χ1n) is 6.68. The first-order valence-corrected chi connectivity index (χ1v) is 6.68. The van der Waals surface area contributed by atoms with Gasteiger partial charge in [0, 0.05) is 12.0 Å². The van der Waals surface area contributed by atoms with Crippen molar-refractivity contribution in [3.8, 4) is 5.75 Å². The highest BCUT2D eigenvalue weighted by Crippen LogP contribution is 2.31. The van der Waals surface area contributed by atoms with Crippen LogP contribution in [-0.2, 0) is 22.6 Å². The van der Waals surface area contributed by atoms with Crippen molar-refractivity contribution < 1.29 is 24.4 Å². The lowest BCUT2D eigenvalue weighted by Crippen LogP contribution is -2.16. The summed E-state index contributed by atoms with van der Waals surface area (Å²) in [5, 5.41) is 19.9. The van der Waals surface area contributed by atoms with Crippen LogP contribution >= 0.6 is 0 Å². The first kappa shape index (κ1) is 16.2. The zero-order valence-electron chi connectivity index (χ0n) is 12.0. The van der Waals surface area contributed by atoms with Crippen LogP contribution in [0.25, 0.3) is 0 Å². The fourth-order valence-electron chi connectivity index (χ4n) is 2.02. The van der Waals surface area contributed by atoms with Gasteiger partial charge in [-0.25, -0.2) is 4.79 Å². The van der Waals surface area contributed by atoms with E-state index in [1.165, 1.54) is 18.2 Å². The molecule has 0 aromatic heterocycles. The van der Waals surface area contributed by atoms with Gasteiger partial charge in [0.15, 0.2) is 5.75 Å². The van der Waals surface area contributed by atoms with Gasteiger partial charge in [-0.05, 0) is 11.6 Å². The second-order valence-electron chi connectivity index (χ2n) is 4.70. The van der Waals surface area contributed by atoms with Gasteiger partial charge in [0.2, 0.25) is 5.78 Å². The summed E-state index contributed by atoms with van der Waals surface area (Å²) in [4.78, 5) is 32.5. The zero-order valence-corrected chi connectivity index (χ0v) is 12.0. The van der Waals surface area contributed by atoms with E-state index >= 15 is 0 Å². The molecule has 7 nitrogen and oxygen atoms in total. The molecule has 0 aliphatic rings. The van der Waals surface area contributed by atoms with Crippen LogP contribution in [-0.4, -0.2) is 21.8 Å². The number of Topliss-reactive ketones (excluding diaryl/α,β-unsaturated/α-hetero) is 1.